The first-order chi connectivity index (χ1) is 15.0. The monoisotopic (exact) mass is 455 g/mol. The molecule has 2 unspecified atom stereocenters. The molecule has 13 nitrogen and oxygen atoms in total. The lowest BCUT2D eigenvalue weighted by molar-refractivity contribution is -0.393. The molecule has 1 aromatic rings. The summed E-state index contributed by atoms with van der Waals surface area (Å²) in [6, 6.07) is -1.26. The maximum atomic E-state index is 11.4. The third-order valence-electron chi connectivity index (χ3n) is 5.49. The van der Waals surface area contributed by atoms with Gasteiger partial charge in [-0.05, 0) is 58.5 Å². The Labute approximate surface area is 186 Å². The number of nitro groups is 1. The fraction of sp³-hybridized carbons (Fsp3) is 0.789. The third-order valence-corrected chi connectivity index (χ3v) is 5.49. The van der Waals surface area contributed by atoms with Crippen molar-refractivity contribution in [2.75, 3.05) is 20.2 Å². The molecule has 0 fully saturated rings. The first-order valence-electron chi connectivity index (χ1n) is 10.4. The Kier molecular flexibility index (Phi) is 10.5. The zero-order chi connectivity index (χ0) is 24.4. The summed E-state index contributed by atoms with van der Waals surface area (Å²) < 4.78 is 4.60. The summed E-state index contributed by atoms with van der Waals surface area (Å²) in [5.41, 5.74) is -0.808. The van der Waals surface area contributed by atoms with Gasteiger partial charge in [-0.1, -0.05) is 15.3 Å². The van der Waals surface area contributed by atoms with E-state index in [0.717, 1.165) is 0 Å². The predicted molar refractivity (Wildman–Crippen MR) is 118 cm³/mol. The number of hydrogen-bond donors (Lipinski definition) is 3. The first-order valence-corrected chi connectivity index (χ1v) is 10.4. The highest BCUT2D eigenvalue weighted by atomic mass is 16.6. The predicted octanol–water partition coefficient (Wildman–Crippen LogP) is 2.21. The second-order valence-corrected chi connectivity index (χ2v) is 8.70. The molecule has 0 aliphatic carbocycles. The second kappa shape index (κ2) is 12.3. The highest BCUT2D eigenvalue weighted by Gasteiger charge is 2.33. The van der Waals surface area contributed by atoms with Gasteiger partial charge in [0.05, 0.1) is 7.11 Å². The van der Waals surface area contributed by atoms with Gasteiger partial charge in [-0.15, -0.1) is 0 Å². The molecular weight excluding hydrogens is 422 g/mol. The fourth-order valence-corrected chi connectivity index (χ4v) is 3.22. The number of hydrogen-bond acceptors (Lipinski definition) is 11. The number of carbonyl (C=O) groups excluding carboxylic acids is 1. The van der Waals surface area contributed by atoms with Crippen LogP contribution in [0.15, 0.2) is 16.6 Å². The molecule has 13 heteroatoms. The van der Waals surface area contributed by atoms with Crippen molar-refractivity contribution in [1.29, 1.82) is 0 Å². The van der Waals surface area contributed by atoms with Crippen molar-refractivity contribution in [3.05, 3.63) is 31.8 Å². The number of nitroso groups, excluding NO2 is 2. The molecule has 0 spiro atoms. The van der Waals surface area contributed by atoms with Crippen LogP contribution in [0, 0.1) is 19.9 Å². The van der Waals surface area contributed by atoms with E-state index in [-0.39, 0.29) is 24.8 Å². The van der Waals surface area contributed by atoms with E-state index in [0.29, 0.717) is 31.6 Å². The van der Waals surface area contributed by atoms with Crippen molar-refractivity contribution < 1.29 is 14.5 Å². The maximum Gasteiger partial charge on any atom is 0.432 e. The SMILES string of the molecule is COC(=O)CCC(N=O)C(C)(C)NCCCNC(C)(C)C(Cc1cnc([N+](=O)[O-])[nH]1)N=O. The van der Waals surface area contributed by atoms with Crippen LogP contribution in [0.3, 0.4) is 0 Å². The lowest BCUT2D eigenvalue weighted by atomic mass is 9.91. The van der Waals surface area contributed by atoms with Crippen LogP contribution in [0.2, 0.25) is 0 Å². The first kappa shape index (κ1) is 27.2. The Morgan fingerprint density at radius 2 is 1.75 bits per heavy atom. The summed E-state index contributed by atoms with van der Waals surface area (Å²) in [6.07, 6.45) is 2.61. The molecule has 1 heterocycles. The van der Waals surface area contributed by atoms with Crippen LogP contribution in [0.25, 0.3) is 0 Å². The third kappa shape index (κ3) is 8.38. The molecule has 1 aromatic heterocycles. The van der Waals surface area contributed by atoms with Crippen molar-refractivity contribution in [1.82, 2.24) is 20.6 Å². The Morgan fingerprint density at radius 3 is 2.22 bits per heavy atom. The van der Waals surface area contributed by atoms with E-state index in [2.05, 4.69) is 35.7 Å². The number of rotatable bonds is 16. The van der Waals surface area contributed by atoms with Gasteiger partial charge < -0.3 is 25.5 Å². The van der Waals surface area contributed by atoms with Crippen LogP contribution in [-0.2, 0) is 16.0 Å². The molecule has 3 N–H and O–H groups in total. The molecule has 2 atom stereocenters. The molecule has 0 radical (unpaired) electrons. The molecule has 0 aliphatic rings. The number of nitrogens with zero attached hydrogens (tertiary/aromatic N) is 4. The van der Waals surface area contributed by atoms with Crippen molar-refractivity contribution >= 4 is 11.9 Å². The summed E-state index contributed by atoms with van der Waals surface area (Å²) in [7, 11) is 1.30. The average molecular weight is 456 g/mol. The molecule has 180 valence electrons. The minimum Gasteiger partial charge on any atom is -0.469 e. The molecule has 1 rings (SSSR count). The highest BCUT2D eigenvalue weighted by Crippen LogP contribution is 2.20. The number of aromatic nitrogens is 2. The molecule has 0 aromatic carbocycles. The van der Waals surface area contributed by atoms with Gasteiger partial charge in [0.2, 0.25) is 0 Å². The van der Waals surface area contributed by atoms with Crippen LogP contribution in [0.1, 0.15) is 52.7 Å². The van der Waals surface area contributed by atoms with E-state index in [1.165, 1.54) is 13.3 Å². The van der Waals surface area contributed by atoms with Crippen LogP contribution in [-0.4, -0.2) is 64.2 Å². The number of esters is 1. The number of H-pyrrole nitrogens is 1. The van der Waals surface area contributed by atoms with Crippen molar-refractivity contribution in [3.63, 3.8) is 0 Å². The van der Waals surface area contributed by atoms with Crippen LogP contribution in [0.5, 0.6) is 0 Å². The van der Waals surface area contributed by atoms with E-state index in [1.54, 1.807) is 0 Å². The van der Waals surface area contributed by atoms with Crippen LogP contribution in [0.4, 0.5) is 5.95 Å². The number of ether oxygens (including phenoxy) is 1. The van der Waals surface area contributed by atoms with Gasteiger partial charge in [0.25, 0.3) is 0 Å². The lowest BCUT2D eigenvalue weighted by Crippen LogP contribution is -2.51. The Balaban J connectivity index is 2.50. The van der Waals surface area contributed by atoms with Crippen molar-refractivity contribution in [2.24, 2.45) is 10.4 Å². The number of carbonyl (C=O) groups is 1. The number of methoxy groups -OCH3 is 1. The summed E-state index contributed by atoms with van der Waals surface area (Å²) in [5.74, 6) is -0.761. The molecule has 0 amide bonds. The van der Waals surface area contributed by atoms with E-state index < -0.39 is 28.1 Å². The second-order valence-electron chi connectivity index (χ2n) is 8.70. The van der Waals surface area contributed by atoms with Crippen molar-refractivity contribution in [3.8, 4) is 0 Å². The number of aromatic amines is 1. The van der Waals surface area contributed by atoms with Gasteiger partial charge in [-0.2, -0.15) is 9.81 Å². The minimum absolute atomic E-state index is 0.118. The Hall–Kier alpha value is -2.80. The summed E-state index contributed by atoms with van der Waals surface area (Å²) in [5, 5.41) is 23.7. The summed E-state index contributed by atoms with van der Waals surface area (Å²) in [6.45, 7) is 8.51. The highest BCUT2D eigenvalue weighted by molar-refractivity contribution is 5.69. The van der Waals surface area contributed by atoms with Gasteiger partial charge >= 0.3 is 11.9 Å². The van der Waals surface area contributed by atoms with Gasteiger partial charge in [-0.25, -0.2) is 4.98 Å². The zero-order valence-electron chi connectivity index (χ0n) is 19.2. The lowest BCUT2D eigenvalue weighted by Gasteiger charge is -2.32. The Bertz CT molecular complexity index is 780. The number of nitrogens with one attached hydrogen (secondary N) is 3. The zero-order valence-corrected chi connectivity index (χ0v) is 19.2. The molecule has 0 saturated carbocycles. The molecule has 32 heavy (non-hydrogen) atoms. The standard InChI is InChI=1S/C19H33N7O6/c1-18(2,14(24-28)7-8-16(27)32-5)21-9-6-10-22-19(3,4)15(25-29)11-13-12-20-17(23-13)26(30)31/h12,14-15,21-22H,6-11H2,1-5H3,(H,20,23). The average Bonchev–Trinajstić information content (AvgIpc) is 3.20. The minimum atomic E-state index is -0.672. The molecule has 0 saturated heterocycles. The van der Waals surface area contributed by atoms with Crippen LogP contribution >= 0.6 is 0 Å². The maximum absolute atomic E-state index is 11.4. The van der Waals surface area contributed by atoms with Gasteiger partial charge in [0.1, 0.15) is 24.0 Å². The largest absolute Gasteiger partial charge is 0.469 e. The van der Waals surface area contributed by atoms with E-state index in [1.807, 2.05) is 27.7 Å². The van der Waals surface area contributed by atoms with Crippen LogP contribution < -0.4 is 10.6 Å². The van der Waals surface area contributed by atoms with Crippen molar-refractivity contribution in [2.45, 2.75) is 76.5 Å². The molecular formula is C19H33N7O6. The van der Waals surface area contributed by atoms with Gasteiger partial charge in [0, 0.05) is 23.9 Å². The summed E-state index contributed by atoms with van der Waals surface area (Å²) in [4.78, 5) is 50.3. The van der Waals surface area contributed by atoms with Gasteiger partial charge in [0.15, 0.2) is 0 Å². The summed E-state index contributed by atoms with van der Waals surface area (Å²) >= 11 is 0. The quantitative estimate of drug-likeness (QED) is 0.111. The van der Waals surface area contributed by atoms with E-state index >= 15 is 0 Å². The fourth-order valence-electron chi connectivity index (χ4n) is 3.22. The molecule has 0 bridgehead atoms. The smallest absolute Gasteiger partial charge is 0.432 e. The van der Waals surface area contributed by atoms with E-state index in [9.17, 15) is 24.7 Å². The van der Waals surface area contributed by atoms with Gasteiger partial charge in [-0.3, -0.25) is 4.79 Å². The molecule has 0 aliphatic heterocycles. The Morgan fingerprint density at radius 1 is 1.19 bits per heavy atom. The normalized spacial score (nSPS) is 13.9. The number of imidazole rings is 1. The topological polar surface area (TPSA) is 181 Å². The van der Waals surface area contributed by atoms with E-state index in [4.69, 9.17) is 0 Å².